The molecule has 0 aliphatic heterocycles. The van der Waals surface area contributed by atoms with E-state index in [2.05, 4.69) is 13.8 Å². The van der Waals surface area contributed by atoms with Crippen LogP contribution in [0.25, 0.3) is 0 Å². The second-order valence-electron chi connectivity index (χ2n) is 5.33. The third-order valence-corrected chi connectivity index (χ3v) is 3.41. The van der Waals surface area contributed by atoms with Crippen molar-refractivity contribution < 1.29 is 9.90 Å². The highest BCUT2D eigenvalue weighted by atomic mass is 35.5. The van der Waals surface area contributed by atoms with E-state index in [-0.39, 0.29) is 0 Å². The second-order valence-corrected chi connectivity index (χ2v) is 5.76. The van der Waals surface area contributed by atoms with E-state index < -0.39 is 5.97 Å². The Labute approximate surface area is 123 Å². The fraction of sp³-hybridized carbons (Fsp3) is 0.312. The molecule has 20 heavy (non-hydrogen) atoms. The Morgan fingerprint density at radius 1 is 1.20 bits per heavy atom. The lowest BCUT2D eigenvalue weighted by Gasteiger charge is -2.13. The quantitative estimate of drug-likeness (QED) is 0.901. The molecule has 1 N–H and O–H groups in total. The molecule has 0 bridgehead atoms. The molecule has 1 aromatic heterocycles. The van der Waals surface area contributed by atoms with Crippen molar-refractivity contribution >= 4 is 17.6 Å². The van der Waals surface area contributed by atoms with Gasteiger partial charge in [0.2, 0.25) is 0 Å². The molecule has 2 aromatic rings. The molecule has 0 amide bonds. The van der Waals surface area contributed by atoms with Crippen molar-refractivity contribution in [3.63, 3.8) is 0 Å². The summed E-state index contributed by atoms with van der Waals surface area (Å²) in [6, 6.07) is 11.1. The Morgan fingerprint density at radius 3 is 2.40 bits per heavy atom. The molecule has 0 aliphatic carbocycles. The Balaban J connectivity index is 2.34. The predicted octanol–water partition coefficient (Wildman–Crippen LogP) is 4.09. The average molecular weight is 292 g/mol. The number of benzene rings is 1. The highest BCUT2D eigenvalue weighted by molar-refractivity contribution is 6.30. The number of carboxylic acid groups (broad SMARTS) is 1. The molecular formula is C16H18ClNO2. The summed E-state index contributed by atoms with van der Waals surface area (Å²) in [4.78, 5) is 11.3. The van der Waals surface area contributed by atoms with Gasteiger partial charge in [0.1, 0.15) is 5.69 Å². The van der Waals surface area contributed by atoms with E-state index in [9.17, 15) is 9.90 Å². The number of carboxylic acids is 1. The summed E-state index contributed by atoms with van der Waals surface area (Å²) in [6.07, 6.45) is 0.862. The number of aromatic nitrogens is 1. The topological polar surface area (TPSA) is 42.2 Å². The van der Waals surface area contributed by atoms with Crippen LogP contribution in [0.2, 0.25) is 5.02 Å². The third-order valence-electron chi connectivity index (χ3n) is 3.16. The number of nitrogens with zero attached hydrogens (tertiary/aromatic N) is 1. The molecule has 1 aromatic carbocycles. The van der Waals surface area contributed by atoms with Gasteiger partial charge in [-0.2, -0.15) is 0 Å². The molecule has 0 saturated heterocycles. The Kier molecular flexibility index (Phi) is 4.50. The maximum atomic E-state index is 11.3. The van der Waals surface area contributed by atoms with Gasteiger partial charge in [0.15, 0.2) is 0 Å². The summed E-state index contributed by atoms with van der Waals surface area (Å²) in [7, 11) is 0. The minimum atomic E-state index is -0.894. The molecule has 0 radical (unpaired) electrons. The zero-order valence-electron chi connectivity index (χ0n) is 11.6. The van der Waals surface area contributed by atoms with E-state index in [0.29, 0.717) is 23.2 Å². The monoisotopic (exact) mass is 291 g/mol. The highest BCUT2D eigenvalue weighted by Gasteiger charge is 2.15. The first-order chi connectivity index (χ1) is 9.47. The smallest absolute Gasteiger partial charge is 0.352 e. The Morgan fingerprint density at radius 2 is 1.85 bits per heavy atom. The van der Waals surface area contributed by atoms with Crippen LogP contribution >= 0.6 is 11.6 Å². The Bertz CT molecular complexity index is 599. The van der Waals surface area contributed by atoms with Crippen LogP contribution in [0.1, 0.15) is 35.6 Å². The number of rotatable bonds is 5. The molecule has 4 heteroatoms. The van der Waals surface area contributed by atoms with Gasteiger partial charge in [0.25, 0.3) is 0 Å². The van der Waals surface area contributed by atoms with Crippen molar-refractivity contribution in [1.29, 1.82) is 0 Å². The molecule has 0 atom stereocenters. The van der Waals surface area contributed by atoms with E-state index in [0.717, 1.165) is 17.7 Å². The number of aromatic carboxylic acids is 1. The SMILES string of the molecule is CC(C)Cc1ccc(C(=O)O)n1Cc1ccc(Cl)cc1. The van der Waals surface area contributed by atoms with Crippen LogP contribution in [-0.4, -0.2) is 15.6 Å². The van der Waals surface area contributed by atoms with E-state index in [1.165, 1.54) is 0 Å². The normalized spacial score (nSPS) is 11.0. The van der Waals surface area contributed by atoms with Gasteiger partial charge >= 0.3 is 5.97 Å². The van der Waals surface area contributed by atoms with Gasteiger partial charge in [0, 0.05) is 17.3 Å². The van der Waals surface area contributed by atoms with E-state index in [1.807, 2.05) is 34.9 Å². The van der Waals surface area contributed by atoms with Crippen LogP contribution in [0, 0.1) is 5.92 Å². The maximum absolute atomic E-state index is 11.3. The molecule has 106 valence electrons. The molecular weight excluding hydrogens is 274 g/mol. The van der Waals surface area contributed by atoms with Crippen LogP contribution in [0.5, 0.6) is 0 Å². The zero-order valence-corrected chi connectivity index (χ0v) is 12.4. The molecule has 3 nitrogen and oxygen atoms in total. The van der Waals surface area contributed by atoms with Gasteiger partial charge in [0.05, 0.1) is 0 Å². The average Bonchev–Trinajstić information content (AvgIpc) is 2.74. The van der Waals surface area contributed by atoms with Crippen LogP contribution in [0.15, 0.2) is 36.4 Å². The predicted molar refractivity (Wildman–Crippen MR) is 80.5 cm³/mol. The molecule has 0 saturated carbocycles. The Hall–Kier alpha value is -1.74. The van der Waals surface area contributed by atoms with Crippen molar-refractivity contribution in [3.8, 4) is 0 Å². The standard InChI is InChI=1S/C16H18ClNO2/c1-11(2)9-14-7-8-15(16(19)20)18(14)10-12-3-5-13(17)6-4-12/h3-8,11H,9-10H2,1-2H3,(H,19,20). The molecule has 0 fully saturated rings. The first-order valence-corrected chi connectivity index (χ1v) is 7.01. The lowest BCUT2D eigenvalue weighted by molar-refractivity contribution is 0.0685. The number of carbonyl (C=O) groups is 1. The van der Waals surface area contributed by atoms with Crippen LogP contribution in [0.4, 0.5) is 0 Å². The molecule has 1 heterocycles. The molecule has 0 aliphatic rings. The largest absolute Gasteiger partial charge is 0.477 e. The minimum Gasteiger partial charge on any atom is -0.477 e. The van der Waals surface area contributed by atoms with Gasteiger partial charge in [-0.3, -0.25) is 0 Å². The van der Waals surface area contributed by atoms with Crippen LogP contribution in [0.3, 0.4) is 0 Å². The summed E-state index contributed by atoms with van der Waals surface area (Å²) in [5, 5.41) is 9.98. The van der Waals surface area contributed by atoms with Gasteiger partial charge in [-0.25, -0.2) is 4.79 Å². The maximum Gasteiger partial charge on any atom is 0.352 e. The van der Waals surface area contributed by atoms with E-state index >= 15 is 0 Å². The van der Waals surface area contributed by atoms with E-state index in [1.54, 1.807) is 6.07 Å². The summed E-state index contributed by atoms with van der Waals surface area (Å²) in [6.45, 7) is 4.80. The van der Waals surface area contributed by atoms with Gasteiger partial charge in [-0.05, 0) is 42.2 Å². The highest BCUT2D eigenvalue weighted by Crippen LogP contribution is 2.17. The second kappa shape index (κ2) is 6.14. The first kappa shape index (κ1) is 14.7. The molecule has 2 rings (SSSR count). The summed E-state index contributed by atoms with van der Waals surface area (Å²) in [5.41, 5.74) is 2.42. The van der Waals surface area contributed by atoms with Crippen molar-refractivity contribution in [2.75, 3.05) is 0 Å². The fourth-order valence-electron chi connectivity index (χ4n) is 2.25. The lowest BCUT2D eigenvalue weighted by atomic mass is 10.1. The minimum absolute atomic E-state index is 0.329. The van der Waals surface area contributed by atoms with Gasteiger partial charge in [-0.15, -0.1) is 0 Å². The van der Waals surface area contributed by atoms with Crippen molar-refractivity contribution in [3.05, 3.63) is 58.4 Å². The van der Waals surface area contributed by atoms with Crippen LogP contribution in [-0.2, 0) is 13.0 Å². The molecule has 0 spiro atoms. The summed E-state index contributed by atoms with van der Waals surface area (Å²) < 4.78 is 1.87. The lowest BCUT2D eigenvalue weighted by Crippen LogP contribution is -2.13. The number of hydrogen-bond acceptors (Lipinski definition) is 1. The van der Waals surface area contributed by atoms with Gasteiger partial charge in [-0.1, -0.05) is 37.6 Å². The fourth-order valence-corrected chi connectivity index (χ4v) is 2.38. The van der Waals surface area contributed by atoms with Crippen molar-refractivity contribution in [2.24, 2.45) is 5.92 Å². The van der Waals surface area contributed by atoms with Crippen LogP contribution < -0.4 is 0 Å². The summed E-state index contributed by atoms with van der Waals surface area (Å²) >= 11 is 5.87. The van der Waals surface area contributed by atoms with Crippen molar-refractivity contribution in [1.82, 2.24) is 4.57 Å². The molecule has 0 unspecified atom stereocenters. The first-order valence-electron chi connectivity index (χ1n) is 6.63. The van der Waals surface area contributed by atoms with Crippen molar-refractivity contribution in [2.45, 2.75) is 26.8 Å². The number of halogens is 1. The third kappa shape index (κ3) is 3.42. The summed E-state index contributed by atoms with van der Waals surface area (Å²) in [5.74, 6) is -0.413. The van der Waals surface area contributed by atoms with Gasteiger partial charge < -0.3 is 9.67 Å². The zero-order chi connectivity index (χ0) is 14.7. The number of hydrogen-bond donors (Lipinski definition) is 1. The van der Waals surface area contributed by atoms with E-state index in [4.69, 9.17) is 11.6 Å².